The fourth-order valence-electron chi connectivity index (χ4n) is 3.17. The Balaban J connectivity index is 1.61. The van der Waals surface area contributed by atoms with Crippen molar-refractivity contribution < 1.29 is 14.4 Å². The van der Waals surface area contributed by atoms with Crippen LogP contribution >= 0.6 is 11.3 Å². The molecule has 7 nitrogen and oxygen atoms in total. The Morgan fingerprint density at radius 2 is 2.22 bits per heavy atom. The highest BCUT2D eigenvalue weighted by Gasteiger charge is 2.33. The molecule has 1 aliphatic heterocycles. The van der Waals surface area contributed by atoms with Crippen LogP contribution in [0.15, 0.2) is 0 Å². The van der Waals surface area contributed by atoms with Crippen molar-refractivity contribution in [2.75, 3.05) is 13.6 Å². The number of hydrogen-bond acceptors (Lipinski definition) is 5. The second-order valence-corrected chi connectivity index (χ2v) is 7.41. The zero-order valence-electron chi connectivity index (χ0n) is 13.2. The molecule has 2 atom stereocenters. The van der Waals surface area contributed by atoms with Gasteiger partial charge in [-0.2, -0.15) is 0 Å². The van der Waals surface area contributed by atoms with Gasteiger partial charge in [0.05, 0.1) is 17.1 Å². The first-order valence-corrected chi connectivity index (χ1v) is 8.57. The highest BCUT2D eigenvalue weighted by atomic mass is 32.1. The Kier molecular flexibility index (Phi) is 4.34. The van der Waals surface area contributed by atoms with Crippen molar-refractivity contribution in [3.63, 3.8) is 0 Å². The molecule has 8 heteroatoms. The van der Waals surface area contributed by atoms with E-state index in [4.69, 9.17) is 0 Å². The van der Waals surface area contributed by atoms with Crippen LogP contribution in [-0.2, 0) is 16.0 Å². The zero-order valence-corrected chi connectivity index (χ0v) is 14.0. The SMILES string of the molecule is Cc1nc2c(s1)CCC[C@@H]2CN(C)C(=O)C[C@@H]1NC(=O)NC1=O. The van der Waals surface area contributed by atoms with Gasteiger partial charge in [0, 0.05) is 24.4 Å². The summed E-state index contributed by atoms with van der Waals surface area (Å²) in [7, 11) is 1.74. The van der Waals surface area contributed by atoms with Crippen LogP contribution in [0.4, 0.5) is 4.79 Å². The maximum atomic E-state index is 12.3. The Bertz CT molecular complexity index is 657. The molecular weight excluding hydrogens is 316 g/mol. The summed E-state index contributed by atoms with van der Waals surface area (Å²) in [6.07, 6.45) is 3.20. The van der Waals surface area contributed by atoms with Gasteiger partial charge in [-0.1, -0.05) is 0 Å². The molecule has 1 aromatic heterocycles. The molecule has 2 aliphatic rings. The van der Waals surface area contributed by atoms with Gasteiger partial charge in [0.25, 0.3) is 5.91 Å². The Morgan fingerprint density at radius 3 is 2.91 bits per heavy atom. The van der Waals surface area contributed by atoms with Crippen molar-refractivity contribution in [2.24, 2.45) is 0 Å². The largest absolute Gasteiger partial charge is 0.345 e. The molecular formula is C15H20N4O3S. The first-order valence-electron chi connectivity index (χ1n) is 7.75. The minimum Gasteiger partial charge on any atom is -0.345 e. The van der Waals surface area contributed by atoms with Crippen LogP contribution in [-0.4, -0.2) is 47.4 Å². The van der Waals surface area contributed by atoms with Crippen molar-refractivity contribution in [3.8, 4) is 0 Å². The van der Waals surface area contributed by atoms with E-state index in [-0.39, 0.29) is 18.2 Å². The van der Waals surface area contributed by atoms with E-state index < -0.39 is 18.0 Å². The number of aromatic nitrogens is 1. The van der Waals surface area contributed by atoms with E-state index in [1.165, 1.54) is 4.88 Å². The van der Waals surface area contributed by atoms with Crippen LogP contribution < -0.4 is 10.6 Å². The number of amides is 4. The lowest BCUT2D eigenvalue weighted by molar-refractivity contribution is -0.133. The Hall–Kier alpha value is -1.96. The molecule has 0 spiro atoms. The lowest BCUT2D eigenvalue weighted by atomic mass is 9.90. The summed E-state index contributed by atoms with van der Waals surface area (Å²) in [6.45, 7) is 2.60. The molecule has 1 aromatic rings. The number of rotatable bonds is 4. The Morgan fingerprint density at radius 1 is 1.43 bits per heavy atom. The molecule has 3 rings (SSSR count). The quantitative estimate of drug-likeness (QED) is 0.800. The van der Waals surface area contributed by atoms with E-state index in [1.54, 1.807) is 23.3 Å². The summed E-state index contributed by atoms with van der Waals surface area (Å²) in [5, 5.41) is 5.66. The van der Waals surface area contributed by atoms with Gasteiger partial charge in [-0.25, -0.2) is 9.78 Å². The lowest BCUT2D eigenvalue weighted by Crippen LogP contribution is -2.39. The number of aryl methyl sites for hydroxylation is 2. The number of thiazole rings is 1. The summed E-state index contributed by atoms with van der Waals surface area (Å²) in [5.41, 5.74) is 1.13. The van der Waals surface area contributed by atoms with Crippen molar-refractivity contribution in [1.82, 2.24) is 20.5 Å². The summed E-state index contributed by atoms with van der Waals surface area (Å²) >= 11 is 1.74. The molecule has 0 unspecified atom stereocenters. The number of imide groups is 1. The van der Waals surface area contributed by atoms with Crippen molar-refractivity contribution >= 4 is 29.2 Å². The molecule has 23 heavy (non-hydrogen) atoms. The molecule has 0 radical (unpaired) electrons. The van der Waals surface area contributed by atoms with Gasteiger partial charge in [-0.15, -0.1) is 11.3 Å². The first-order chi connectivity index (χ1) is 10.9. The summed E-state index contributed by atoms with van der Waals surface area (Å²) in [6, 6.07) is -1.30. The van der Waals surface area contributed by atoms with Crippen LogP contribution in [0.5, 0.6) is 0 Å². The monoisotopic (exact) mass is 336 g/mol. The zero-order chi connectivity index (χ0) is 16.6. The number of likely N-dealkylation sites (N-methyl/N-ethyl adjacent to an activating group) is 1. The maximum Gasteiger partial charge on any atom is 0.322 e. The van der Waals surface area contributed by atoms with Crippen molar-refractivity contribution in [1.29, 1.82) is 0 Å². The molecule has 2 N–H and O–H groups in total. The summed E-state index contributed by atoms with van der Waals surface area (Å²) in [4.78, 5) is 42.6. The Labute approximate surface area is 138 Å². The molecule has 0 aromatic carbocycles. The number of nitrogens with zero attached hydrogens (tertiary/aromatic N) is 2. The second-order valence-electron chi connectivity index (χ2n) is 6.12. The highest BCUT2D eigenvalue weighted by Crippen LogP contribution is 2.35. The number of hydrogen-bond donors (Lipinski definition) is 2. The predicted octanol–water partition coefficient (Wildman–Crippen LogP) is 0.928. The minimum atomic E-state index is -0.763. The molecule has 0 bridgehead atoms. The van der Waals surface area contributed by atoms with Crippen LogP contribution in [0.3, 0.4) is 0 Å². The number of fused-ring (bicyclic) bond motifs is 1. The molecule has 1 saturated heterocycles. The van der Waals surface area contributed by atoms with E-state index >= 15 is 0 Å². The third-order valence-electron chi connectivity index (χ3n) is 4.33. The fraction of sp³-hybridized carbons (Fsp3) is 0.600. The van der Waals surface area contributed by atoms with Gasteiger partial charge in [0.15, 0.2) is 0 Å². The fourth-order valence-corrected chi connectivity index (χ4v) is 4.24. The van der Waals surface area contributed by atoms with Gasteiger partial charge in [-0.05, 0) is 26.2 Å². The van der Waals surface area contributed by atoms with E-state index in [2.05, 4.69) is 15.6 Å². The standard InChI is InChI=1S/C15H20N4O3S/c1-8-16-13-9(4-3-5-11(13)23-8)7-19(2)12(20)6-10-14(21)18-15(22)17-10/h9-10H,3-7H2,1-2H3,(H2,17,18,21,22)/t9-,10+/m1/s1. The molecule has 1 aliphatic carbocycles. The molecule has 4 amide bonds. The average Bonchev–Trinajstić information content (AvgIpc) is 3.01. The normalized spacial score (nSPS) is 23.2. The van der Waals surface area contributed by atoms with Crippen molar-refractivity contribution in [2.45, 2.75) is 44.6 Å². The van der Waals surface area contributed by atoms with Crippen LogP contribution in [0.1, 0.15) is 40.8 Å². The lowest BCUT2D eigenvalue weighted by Gasteiger charge is -2.27. The van der Waals surface area contributed by atoms with Crippen LogP contribution in [0.2, 0.25) is 0 Å². The van der Waals surface area contributed by atoms with Crippen LogP contribution in [0, 0.1) is 6.92 Å². The summed E-state index contributed by atoms with van der Waals surface area (Å²) in [5.74, 6) is -0.331. The smallest absolute Gasteiger partial charge is 0.322 e. The number of nitrogens with one attached hydrogen (secondary N) is 2. The number of carbonyl (C=O) groups is 3. The van der Waals surface area contributed by atoms with Crippen LogP contribution in [0.25, 0.3) is 0 Å². The van der Waals surface area contributed by atoms with Gasteiger partial charge in [0.1, 0.15) is 6.04 Å². The molecule has 1 fully saturated rings. The molecule has 2 heterocycles. The third-order valence-corrected chi connectivity index (χ3v) is 5.38. The highest BCUT2D eigenvalue weighted by molar-refractivity contribution is 7.11. The van der Waals surface area contributed by atoms with E-state index in [1.807, 2.05) is 6.92 Å². The maximum absolute atomic E-state index is 12.3. The molecule has 0 saturated carbocycles. The minimum absolute atomic E-state index is 0.0102. The predicted molar refractivity (Wildman–Crippen MR) is 85.2 cm³/mol. The molecule has 124 valence electrons. The first kappa shape index (κ1) is 15.9. The van der Waals surface area contributed by atoms with Gasteiger partial charge < -0.3 is 10.2 Å². The van der Waals surface area contributed by atoms with Gasteiger partial charge >= 0.3 is 6.03 Å². The van der Waals surface area contributed by atoms with E-state index in [9.17, 15) is 14.4 Å². The number of urea groups is 1. The van der Waals surface area contributed by atoms with Gasteiger partial charge in [-0.3, -0.25) is 14.9 Å². The van der Waals surface area contributed by atoms with E-state index in [0.29, 0.717) is 6.54 Å². The van der Waals surface area contributed by atoms with E-state index in [0.717, 1.165) is 30.0 Å². The second kappa shape index (κ2) is 6.27. The number of carbonyl (C=O) groups excluding carboxylic acids is 3. The van der Waals surface area contributed by atoms with Crippen molar-refractivity contribution in [3.05, 3.63) is 15.6 Å². The van der Waals surface area contributed by atoms with Gasteiger partial charge in [0.2, 0.25) is 5.91 Å². The third kappa shape index (κ3) is 3.36. The average molecular weight is 336 g/mol. The topological polar surface area (TPSA) is 91.4 Å². The summed E-state index contributed by atoms with van der Waals surface area (Å²) < 4.78 is 0.